The van der Waals surface area contributed by atoms with Gasteiger partial charge in [-0.3, -0.25) is 4.90 Å². The minimum absolute atomic E-state index is 0.212. The van der Waals surface area contributed by atoms with Gasteiger partial charge in [0.1, 0.15) is 5.75 Å². The highest BCUT2D eigenvalue weighted by Gasteiger charge is 2.36. The molecule has 2 aliphatic heterocycles. The van der Waals surface area contributed by atoms with Crippen molar-refractivity contribution < 1.29 is 5.11 Å². The van der Waals surface area contributed by atoms with Crippen molar-refractivity contribution in [2.45, 2.75) is 19.0 Å². The third-order valence-corrected chi connectivity index (χ3v) is 4.82. The van der Waals surface area contributed by atoms with Gasteiger partial charge in [-0.2, -0.15) is 5.10 Å². The van der Waals surface area contributed by atoms with E-state index in [0.717, 1.165) is 26.1 Å². The lowest BCUT2D eigenvalue weighted by Gasteiger charge is -2.33. The van der Waals surface area contributed by atoms with Crippen molar-refractivity contribution in [1.29, 1.82) is 0 Å². The van der Waals surface area contributed by atoms with Crippen molar-refractivity contribution in [3.8, 4) is 5.75 Å². The Labute approximate surface area is 136 Å². The van der Waals surface area contributed by atoms with E-state index < -0.39 is 0 Å². The Morgan fingerprint density at radius 2 is 1.87 bits per heavy atom. The van der Waals surface area contributed by atoms with Crippen LogP contribution >= 0.6 is 0 Å². The second-order valence-corrected chi connectivity index (χ2v) is 6.38. The van der Waals surface area contributed by atoms with E-state index in [4.69, 9.17) is 0 Å². The van der Waals surface area contributed by atoms with Crippen LogP contribution in [0.25, 0.3) is 0 Å². The van der Waals surface area contributed by atoms with Crippen molar-refractivity contribution in [3.63, 3.8) is 0 Å². The number of nitrogens with zero attached hydrogens (tertiary/aromatic N) is 2. The van der Waals surface area contributed by atoms with E-state index in [1.807, 2.05) is 12.1 Å². The number of hydrogen-bond acceptors (Lipinski definition) is 4. The third kappa shape index (κ3) is 2.94. The lowest BCUT2D eigenvalue weighted by atomic mass is 9.86. The molecule has 0 saturated carbocycles. The number of aromatic hydroxyl groups is 1. The number of phenolic OH excluding ortho intramolecular Hbond substituents is 1. The summed E-state index contributed by atoms with van der Waals surface area (Å²) >= 11 is 0. The number of hydrogen-bond donors (Lipinski definition) is 2. The van der Waals surface area contributed by atoms with E-state index in [2.05, 4.69) is 45.8 Å². The molecule has 23 heavy (non-hydrogen) atoms. The molecule has 2 aromatic rings. The molecule has 2 atom stereocenters. The number of hydrazone groups is 1. The zero-order valence-corrected chi connectivity index (χ0v) is 13.0. The van der Waals surface area contributed by atoms with Crippen molar-refractivity contribution >= 4 is 5.71 Å². The lowest BCUT2D eigenvalue weighted by Crippen LogP contribution is -2.41. The minimum Gasteiger partial charge on any atom is -0.508 e. The fourth-order valence-electron chi connectivity index (χ4n) is 3.59. The normalized spacial score (nSPS) is 23.9. The summed E-state index contributed by atoms with van der Waals surface area (Å²) in [6, 6.07) is 18.3. The Morgan fingerprint density at radius 3 is 2.65 bits per heavy atom. The third-order valence-electron chi connectivity index (χ3n) is 4.82. The molecule has 4 rings (SSSR count). The number of nitrogens with one attached hydrogen (secondary N) is 1. The first-order chi connectivity index (χ1) is 11.3. The average molecular weight is 307 g/mol. The van der Waals surface area contributed by atoms with Crippen LogP contribution in [0.5, 0.6) is 5.75 Å². The largest absolute Gasteiger partial charge is 0.508 e. The highest BCUT2D eigenvalue weighted by atomic mass is 16.3. The monoisotopic (exact) mass is 307 g/mol. The number of piperidine rings is 1. The second kappa shape index (κ2) is 6.05. The van der Waals surface area contributed by atoms with Crippen LogP contribution in [0, 0.1) is 5.92 Å². The molecule has 1 saturated heterocycles. The van der Waals surface area contributed by atoms with E-state index in [1.54, 1.807) is 12.1 Å². The minimum atomic E-state index is 0.212. The summed E-state index contributed by atoms with van der Waals surface area (Å²) in [5.41, 5.74) is 7.13. The molecule has 4 heteroatoms. The molecule has 2 aliphatic rings. The molecule has 2 N–H and O–H groups in total. The van der Waals surface area contributed by atoms with E-state index in [9.17, 15) is 5.11 Å². The van der Waals surface area contributed by atoms with Crippen LogP contribution in [-0.4, -0.2) is 28.8 Å². The lowest BCUT2D eigenvalue weighted by molar-refractivity contribution is 0.220. The zero-order chi connectivity index (χ0) is 15.6. The van der Waals surface area contributed by atoms with E-state index >= 15 is 0 Å². The van der Waals surface area contributed by atoms with Gasteiger partial charge < -0.3 is 10.5 Å². The summed E-state index contributed by atoms with van der Waals surface area (Å²) in [4.78, 5) is 2.51. The Kier molecular flexibility index (Phi) is 3.75. The summed E-state index contributed by atoms with van der Waals surface area (Å²) in [5, 5.41) is 14.0. The molecule has 2 unspecified atom stereocenters. The molecule has 0 amide bonds. The highest BCUT2D eigenvalue weighted by molar-refractivity contribution is 5.89. The fraction of sp³-hybridized carbons (Fsp3) is 0.316. The number of rotatable bonds is 3. The standard InChI is InChI=1S/C19H21N3O/c23-16-8-6-15(7-9-16)19-17-13-22(11-10-18(17)20-21-19)12-14-4-2-1-3-5-14/h1-9,17,19,21,23H,10-13H2. The average Bonchev–Trinajstić information content (AvgIpc) is 3.00. The first-order valence-corrected chi connectivity index (χ1v) is 8.17. The van der Waals surface area contributed by atoms with Crippen molar-refractivity contribution in [2.24, 2.45) is 11.0 Å². The van der Waals surface area contributed by atoms with Crippen LogP contribution in [0.1, 0.15) is 23.6 Å². The van der Waals surface area contributed by atoms with Crippen LogP contribution in [0.2, 0.25) is 0 Å². The SMILES string of the molecule is Oc1ccc(C2NN=C3CCN(Cc4ccccc4)CC32)cc1. The van der Waals surface area contributed by atoms with Crippen LogP contribution in [0.4, 0.5) is 0 Å². The van der Waals surface area contributed by atoms with Gasteiger partial charge in [-0.25, -0.2) is 0 Å². The quantitative estimate of drug-likeness (QED) is 0.916. The highest BCUT2D eigenvalue weighted by Crippen LogP contribution is 2.33. The molecular formula is C19H21N3O. The molecule has 0 bridgehead atoms. The fourth-order valence-corrected chi connectivity index (χ4v) is 3.59. The predicted octanol–water partition coefficient (Wildman–Crippen LogP) is 2.91. The van der Waals surface area contributed by atoms with Crippen LogP contribution in [0.15, 0.2) is 59.7 Å². The molecule has 1 fully saturated rings. The molecule has 0 spiro atoms. The second-order valence-electron chi connectivity index (χ2n) is 6.38. The molecule has 0 aliphatic carbocycles. The van der Waals surface area contributed by atoms with Gasteiger partial charge in [0, 0.05) is 37.7 Å². The summed E-state index contributed by atoms with van der Waals surface area (Å²) in [6.45, 7) is 3.08. The topological polar surface area (TPSA) is 47.9 Å². The molecule has 2 aromatic carbocycles. The first kappa shape index (κ1) is 14.3. The number of phenols is 1. The van der Waals surface area contributed by atoms with Crippen LogP contribution in [0.3, 0.4) is 0 Å². The maximum atomic E-state index is 9.48. The number of fused-ring (bicyclic) bond motifs is 1. The summed E-state index contributed by atoms with van der Waals surface area (Å²) in [7, 11) is 0. The molecule has 2 heterocycles. The van der Waals surface area contributed by atoms with Gasteiger partial charge >= 0.3 is 0 Å². The molecular weight excluding hydrogens is 286 g/mol. The van der Waals surface area contributed by atoms with Gasteiger partial charge in [0.2, 0.25) is 0 Å². The maximum absolute atomic E-state index is 9.48. The van der Waals surface area contributed by atoms with Gasteiger partial charge in [-0.15, -0.1) is 0 Å². The molecule has 118 valence electrons. The van der Waals surface area contributed by atoms with Gasteiger partial charge in [-0.05, 0) is 23.3 Å². The summed E-state index contributed by atoms with van der Waals surface area (Å²) in [5.74, 6) is 0.722. The van der Waals surface area contributed by atoms with Crippen molar-refractivity contribution in [1.82, 2.24) is 10.3 Å². The number of likely N-dealkylation sites (tertiary alicyclic amines) is 1. The predicted molar refractivity (Wildman–Crippen MR) is 91.2 cm³/mol. The number of benzene rings is 2. The smallest absolute Gasteiger partial charge is 0.115 e. The first-order valence-electron chi connectivity index (χ1n) is 8.17. The van der Waals surface area contributed by atoms with E-state index in [1.165, 1.54) is 16.8 Å². The van der Waals surface area contributed by atoms with E-state index in [-0.39, 0.29) is 6.04 Å². The Bertz CT molecular complexity index is 696. The van der Waals surface area contributed by atoms with Crippen molar-refractivity contribution in [2.75, 3.05) is 13.1 Å². The van der Waals surface area contributed by atoms with Crippen LogP contribution in [-0.2, 0) is 6.54 Å². The van der Waals surface area contributed by atoms with Gasteiger partial charge in [-0.1, -0.05) is 42.5 Å². The summed E-state index contributed by atoms with van der Waals surface area (Å²) < 4.78 is 0. The summed E-state index contributed by atoms with van der Waals surface area (Å²) in [6.07, 6.45) is 1.03. The van der Waals surface area contributed by atoms with Gasteiger partial charge in [0.05, 0.1) is 6.04 Å². The zero-order valence-electron chi connectivity index (χ0n) is 13.0. The van der Waals surface area contributed by atoms with Gasteiger partial charge in [0.15, 0.2) is 0 Å². The Morgan fingerprint density at radius 1 is 1.09 bits per heavy atom. The van der Waals surface area contributed by atoms with Crippen molar-refractivity contribution in [3.05, 3.63) is 65.7 Å². The molecule has 0 aromatic heterocycles. The molecule has 4 nitrogen and oxygen atoms in total. The Hall–Kier alpha value is -2.33. The maximum Gasteiger partial charge on any atom is 0.115 e. The van der Waals surface area contributed by atoms with E-state index in [0.29, 0.717) is 11.7 Å². The molecule has 0 radical (unpaired) electrons. The van der Waals surface area contributed by atoms with Gasteiger partial charge in [0.25, 0.3) is 0 Å². The van der Waals surface area contributed by atoms with Crippen LogP contribution < -0.4 is 5.43 Å². The Balaban J connectivity index is 1.48.